The number of aromatic nitrogens is 3. The number of fused-ring (bicyclic) bond motifs is 1. The van der Waals surface area contributed by atoms with Crippen molar-refractivity contribution >= 4 is 28.0 Å². The molecule has 6 heteroatoms. The Morgan fingerprint density at radius 1 is 1.17 bits per heavy atom. The summed E-state index contributed by atoms with van der Waals surface area (Å²) in [5.74, 6) is 0. The number of benzene rings is 1. The van der Waals surface area contributed by atoms with Gasteiger partial charge in [0.05, 0.1) is 17.4 Å². The molecule has 5 nitrogen and oxygen atoms in total. The Hall–Kier alpha value is -2.18. The Bertz CT molecular complexity index is 881. The van der Waals surface area contributed by atoms with E-state index < -0.39 is 16.1 Å². The van der Waals surface area contributed by atoms with Crippen molar-refractivity contribution in [3.8, 4) is 5.69 Å². The molecule has 0 aliphatic carbocycles. The van der Waals surface area contributed by atoms with E-state index >= 15 is 0 Å². The fourth-order valence-electron chi connectivity index (χ4n) is 2.31. The second-order valence-electron chi connectivity index (χ2n) is 6.53. The fraction of sp³-hybridized carbons (Fsp3) is 0.278. The van der Waals surface area contributed by atoms with Crippen LogP contribution in [-0.2, 0) is 11.4 Å². The zero-order valence-electron chi connectivity index (χ0n) is 14.2. The van der Waals surface area contributed by atoms with Crippen LogP contribution in [0, 0.1) is 0 Å². The summed E-state index contributed by atoms with van der Waals surface area (Å²) < 4.78 is 18.2. The van der Waals surface area contributed by atoms with Crippen LogP contribution in [0.1, 0.15) is 33.4 Å². The third-order valence-corrected chi connectivity index (χ3v) is 5.05. The molecule has 3 aromatic rings. The zero-order valence-corrected chi connectivity index (χ0v) is 15.0. The summed E-state index contributed by atoms with van der Waals surface area (Å²) in [5.41, 5.74) is 3.26. The summed E-state index contributed by atoms with van der Waals surface area (Å²) >= 11 is -1.32. The molecule has 124 valence electrons. The minimum absolute atomic E-state index is 0.400. The van der Waals surface area contributed by atoms with Crippen LogP contribution in [-0.4, -0.2) is 29.8 Å². The minimum Gasteiger partial charge on any atom is -0.591 e. The van der Waals surface area contributed by atoms with Crippen molar-refractivity contribution in [3.63, 3.8) is 0 Å². The van der Waals surface area contributed by atoms with E-state index in [1.807, 2.05) is 68.8 Å². The van der Waals surface area contributed by atoms with Gasteiger partial charge in [0.15, 0.2) is 0 Å². The van der Waals surface area contributed by atoms with E-state index in [1.54, 1.807) is 12.4 Å². The van der Waals surface area contributed by atoms with Crippen molar-refractivity contribution in [1.82, 2.24) is 14.8 Å². The van der Waals surface area contributed by atoms with Crippen molar-refractivity contribution in [3.05, 3.63) is 54.5 Å². The summed E-state index contributed by atoms with van der Waals surface area (Å²) in [4.78, 5) is 4.16. The van der Waals surface area contributed by atoms with Gasteiger partial charge in [-0.25, -0.2) is 4.68 Å². The molecule has 0 saturated heterocycles. The Morgan fingerprint density at radius 2 is 1.92 bits per heavy atom. The van der Waals surface area contributed by atoms with Gasteiger partial charge in [0.2, 0.25) is 0 Å². The number of nitrogens with zero attached hydrogens (tertiary/aromatic N) is 4. The molecule has 24 heavy (non-hydrogen) atoms. The number of rotatable bonds is 3. The highest BCUT2D eigenvalue weighted by Crippen LogP contribution is 2.24. The Balaban J connectivity index is 2.15. The topological polar surface area (TPSA) is 66.1 Å². The summed E-state index contributed by atoms with van der Waals surface area (Å²) in [6.07, 6.45) is 3.50. The fourth-order valence-corrected chi connectivity index (χ4v) is 2.92. The average Bonchev–Trinajstić information content (AvgIpc) is 2.94. The third kappa shape index (κ3) is 3.20. The first-order valence-electron chi connectivity index (χ1n) is 7.74. The molecular weight excluding hydrogens is 320 g/mol. The van der Waals surface area contributed by atoms with E-state index in [0.29, 0.717) is 5.71 Å². The highest BCUT2D eigenvalue weighted by atomic mass is 32.2. The second-order valence-corrected chi connectivity index (χ2v) is 8.43. The van der Waals surface area contributed by atoms with Crippen LogP contribution in [0.15, 0.2) is 53.2 Å². The van der Waals surface area contributed by atoms with Gasteiger partial charge in [0.1, 0.15) is 27.5 Å². The predicted octanol–water partition coefficient (Wildman–Crippen LogP) is 3.69. The van der Waals surface area contributed by atoms with Gasteiger partial charge in [-0.15, -0.1) is 0 Å². The van der Waals surface area contributed by atoms with Gasteiger partial charge in [-0.05, 0) is 45.9 Å². The van der Waals surface area contributed by atoms with Crippen LogP contribution in [0.4, 0.5) is 0 Å². The number of pyridine rings is 1. The van der Waals surface area contributed by atoms with Gasteiger partial charge < -0.3 is 4.55 Å². The first-order chi connectivity index (χ1) is 11.4. The Labute approximate surface area is 144 Å². The largest absolute Gasteiger partial charge is 0.591 e. The summed E-state index contributed by atoms with van der Waals surface area (Å²) in [5, 5.41) is 5.69. The second kappa shape index (κ2) is 6.37. The van der Waals surface area contributed by atoms with Crippen LogP contribution in [0.5, 0.6) is 0 Å². The van der Waals surface area contributed by atoms with Gasteiger partial charge in [0.25, 0.3) is 0 Å². The smallest absolute Gasteiger partial charge is 0.144 e. The van der Waals surface area contributed by atoms with Gasteiger partial charge >= 0.3 is 0 Å². The standard InChI is InChI=1S/C18H20N4OS/c1-13(21-24(23)18(2,3)4)17-15-9-5-6-10-16(15)22(20-17)14-8-7-11-19-12-14/h5-12H,1-4H3. The van der Waals surface area contributed by atoms with Crippen molar-refractivity contribution in [2.24, 2.45) is 4.40 Å². The van der Waals surface area contributed by atoms with Gasteiger partial charge in [-0.1, -0.05) is 22.6 Å². The van der Waals surface area contributed by atoms with Crippen molar-refractivity contribution < 1.29 is 4.55 Å². The molecule has 0 aliphatic rings. The lowest BCUT2D eigenvalue weighted by molar-refractivity contribution is 0.561. The highest BCUT2D eigenvalue weighted by molar-refractivity contribution is 7.91. The average molecular weight is 340 g/mol. The molecule has 0 N–H and O–H groups in total. The molecule has 0 radical (unpaired) electrons. The quantitative estimate of drug-likeness (QED) is 0.539. The molecule has 0 fully saturated rings. The number of para-hydroxylation sites is 1. The molecule has 3 rings (SSSR count). The van der Waals surface area contributed by atoms with Crippen LogP contribution < -0.4 is 0 Å². The van der Waals surface area contributed by atoms with Crippen molar-refractivity contribution in [2.45, 2.75) is 32.4 Å². The molecule has 2 heterocycles. The van der Waals surface area contributed by atoms with Crippen LogP contribution >= 0.6 is 0 Å². The maximum Gasteiger partial charge on any atom is 0.144 e. The summed E-state index contributed by atoms with van der Waals surface area (Å²) in [6.45, 7) is 7.58. The number of hydrogen-bond donors (Lipinski definition) is 0. The molecule has 1 unspecified atom stereocenters. The maximum atomic E-state index is 12.3. The van der Waals surface area contributed by atoms with E-state index in [-0.39, 0.29) is 0 Å². The Kier molecular flexibility index (Phi) is 4.43. The molecular formula is C18H20N4OS. The highest BCUT2D eigenvalue weighted by Gasteiger charge is 2.27. The van der Waals surface area contributed by atoms with E-state index in [1.165, 1.54) is 0 Å². The maximum absolute atomic E-state index is 12.3. The Morgan fingerprint density at radius 3 is 2.58 bits per heavy atom. The molecule has 1 aromatic carbocycles. The van der Waals surface area contributed by atoms with Gasteiger partial charge in [-0.3, -0.25) is 4.98 Å². The lowest BCUT2D eigenvalue weighted by Crippen LogP contribution is -2.26. The molecule has 0 aliphatic heterocycles. The normalized spacial score (nSPS) is 14.1. The molecule has 0 bridgehead atoms. The molecule has 2 aromatic heterocycles. The zero-order chi connectivity index (χ0) is 17.3. The SMILES string of the molecule is CC(=N[S+]([O-])C(C)(C)C)c1nn(-c2cccnc2)c2ccccc12. The van der Waals surface area contributed by atoms with Crippen LogP contribution in [0.3, 0.4) is 0 Å². The van der Waals surface area contributed by atoms with E-state index in [9.17, 15) is 4.55 Å². The monoisotopic (exact) mass is 340 g/mol. The minimum atomic E-state index is -1.32. The first-order valence-corrected chi connectivity index (χ1v) is 8.84. The molecule has 0 spiro atoms. The van der Waals surface area contributed by atoms with Gasteiger partial charge in [0, 0.05) is 11.6 Å². The summed E-state index contributed by atoms with van der Waals surface area (Å²) in [6, 6.07) is 11.8. The van der Waals surface area contributed by atoms with Crippen molar-refractivity contribution in [2.75, 3.05) is 0 Å². The summed E-state index contributed by atoms with van der Waals surface area (Å²) in [7, 11) is 0. The molecule has 0 amide bonds. The molecule has 0 saturated carbocycles. The van der Waals surface area contributed by atoms with Crippen LogP contribution in [0.25, 0.3) is 16.6 Å². The van der Waals surface area contributed by atoms with Crippen LogP contribution in [0.2, 0.25) is 0 Å². The van der Waals surface area contributed by atoms with E-state index in [4.69, 9.17) is 5.10 Å². The van der Waals surface area contributed by atoms with Gasteiger partial charge in [-0.2, -0.15) is 5.10 Å². The number of hydrogen-bond acceptors (Lipinski definition) is 4. The molecule has 1 atom stereocenters. The van der Waals surface area contributed by atoms with Crippen molar-refractivity contribution in [1.29, 1.82) is 0 Å². The lowest BCUT2D eigenvalue weighted by Gasteiger charge is -2.18. The van der Waals surface area contributed by atoms with E-state index in [2.05, 4.69) is 9.38 Å². The predicted molar refractivity (Wildman–Crippen MR) is 99.0 cm³/mol. The first kappa shape index (κ1) is 16.7. The lowest BCUT2D eigenvalue weighted by atomic mass is 10.1. The third-order valence-electron chi connectivity index (χ3n) is 3.56. The van der Waals surface area contributed by atoms with E-state index in [0.717, 1.165) is 22.3 Å².